The number of rotatable bonds is 19. The fraction of sp³-hybridized carbons (Fsp3) is 0.586. The Morgan fingerprint density at radius 2 is 0.943 bits per heavy atom. The summed E-state index contributed by atoms with van der Waals surface area (Å²) in [4.78, 5) is 0. The molecule has 0 aliphatic rings. The van der Waals surface area contributed by atoms with Crippen LogP contribution >= 0.6 is 0 Å². The maximum absolute atomic E-state index is 6.82. The molecule has 6 heteroatoms. The zero-order valence-electron chi connectivity index (χ0n) is 22.3. The predicted octanol–water partition coefficient (Wildman–Crippen LogP) is 4.82. The van der Waals surface area contributed by atoms with E-state index in [0.717, 1.165) is 13.0 Å². The van der Waals surface area contributed by atoms with Gasteiger partial charge in [0, 0.05) is 6.61 Å². The molecule has 0 saturated carbocycles. The molecular weight excluding hydrogens is 456 g/mol. The van der Waals surface area contributed by atoms with E-state index >= 15 is 0 Å². The molecule has 0 spiro atoms. The zero-order valence-corrected chi connectivity index (χ0v) is 23.3. The molecule has 0 aromatic heterocycles. The summed E-state index contributed by atoms with van der Waals surface area (Å²) in [6.07, 6.45) is 3.57. The largest absolute Gasteiger partial charge is 0.405 e. The molecule has 196 valence electrons. The Bertz CT molecular complexity index is 724. The van der Waals surface area contributed by atoms with Crippen molar-refractivity contribution in [2.75, 3.05) is 59.5 Å². The molecule has 2 aromatic rings. The van der Waals surface area contributed by atoms with Crippen LogP contribution in [0.1, 0.15) is 47.0 Å². The Hall–Kier alpha value is -1.54. The molecule has 0 radical (unpaired) electrons. The predicted molar refractivity (Wildman–Crippen MR) is 146 cm³/mol. The summed E-state index contributed by atoms with van der Waals surface area (Å²) in [6.45, 7) is 14.5. The molecule has 0 aliphatic carbocycles. The second kappa shape index (κ2) is 17.0. The molecule has 0 fully saturated rings. The summed E-state index contributed by atoms with van der Waals surface area (Å²) in [5.74, 6) is 0. The van der Waals surface area contributed by atoms with Gasteiger partial charge in [-0.15, -0.1) is 0 Å². The van der Waals surface area contributed by atoms with Gasteiger partial charge < -0.3 is 23.4 Å². The highest BCUT2D eigenvalue weighted by Crippen LogP contribution is 2.36. The first-order chi connectivity index (χ1) is 17.0. The van der Waals surface area contributed by atoms with Gasteiger partial charge in [0.25, 0.3) is 8.32 Å². The summed E-state index contributed by atoms with van der Waals surface area (Å²) >= 11 is 0. The lowest BCUT2D eigenvalue weighted by Crippen LogP contribution is -2.66. The second-order valence-electron chi connectivity index (χ2n) is 9.67. The summed E-state index contributed by atoms with van der Waals surface area (Å²) in [5.41, 5.74) is 0. The quantitative estimate of drug-likeness (QED) is 0.204. The third-order valence-corrected chi connectivity index (χ3v) is 11.0. The standard InChI is InChI=1S/C29H46O5Si/c1-5-6-13-18-30-19-20-31-21-22-32-23-24-33-25-26-34-35(29(2,3)4,27-14-9-7-10-15-27)28-16-11-8-12-17-28/h7-12,14-17H,5-6,13,18-26H2,1-4H3. The van der Waals surface area contributed by atoms with E-state index in [4.69, 9.17) is 23.4 Å². The molecule has 35 heavy (non-hydrogen) atoms. The van der Waals surface area contributed by atoms with Crippen molar-refractivity contribution in [3.63, 3.8) is 0 Å². The molecular formula is C29H46O5Si. The number of ether oxygens (including phenoxy) is 4. The van der Waals surface area contributed by atoms with E-state index in [1.807, 2.05) is 0 Å². The summed E-state index contributed by atoms with van der Waals surface area (Å²) in [7, 11) is -2.49. The van der Waals surface area contributed by atoms with Crippen molar-refractivity contribution in [3.05, 3.63) is 60.7 Å². The molecule has 2 rings (SSSR count). The van der Waals surface area contributed by atoms with Crippen LogP contribution in [0, 0.1) is 0 Å². The number of benzene rings is 2. The minimum Gasteiger partial charge on any atom is -0.405 e. The van der Waals surface area contributed by atoms with Gasteiger partial charge in [-0.1, -0.05) is 101 Å². The van der Waals surface area contributed by atoms with Gasteiger partial charge in [0.15, 0.2) is 0 Å². The first-order valence-corrected chi connectivity index (χ1v) is 15.0. The van der Waals surface area contributed by atoms with Crippen LogP contribution in [0.4, 0.5) is 0 Å². The van der Waals surface area contributed by atoms with Crippen LogP contribution in [-0.4, -0.2) is 67.8 Å². The topological polar surface area (TPSA) is 46.2 Å². The molecule has 0 atom stereocenters. The van der Waals surface area contributed by atoms with E-state index < -0.39 is 8.32 Å². The molecule has 0 unspecified atom stereocenters. The second-order valence-corrected chi connectivity index (χ2v) is 14.0. The van der Waals surface area contributed by atoms with Crippen molar-refractivity contribution < 1.29 is 23.4 Å². The highest BCUT2D eigenvalue weighted by molar-refractivity contribution is 6.99. The third-order valence-electron chi connectivity index (χ3n) is 5.97. The summed E-state index contributed by atoms with van der Waals surface area (Å²) in [5, 5.41) is 2.54. The van der Waals surface area contributed by atoms with Crippen LogP contribution in [0.2, 0.25) is 5.04 Å². The summed E-state index contributed by atoms with van der Waals surface area (Å²) < 4.78 is 29.3. The Kier molecular flexibility index (Phi) is 14.4. The first kappa shape index (κ1) is 29.7. The molecule has 0 saturated heterocycles. The van der Waals surface area contributed by atoms with Crippen LogP contribution in [0.25, 0.3) is 0 Å². The van der Waals surface area contributed by atoms with E-state index in [-0.39, 0.29) is 5.04 Å². The van der Waals surface area contributed by atoms with E-state index in [0.29, 0.717) is 52.9 Å². The van der Waals surface area contributed by atoms with Crippen molar-refractivity contribution in [1.82, 2.24) is 0 Å². The van der Waals surface area contributed by atoms with Crippen molar-refractivity contribution in [3.8, 4) is 0 Å². The number of hydrogen-bond acceptors (Lipinski definition) is 5. The van der Waals surface area contributed by atoms with Gasteiger partial charge >= 0.3 is 0 Å². The average molecular weight is 503 g/mol. The first-order valence-electron chi connectivity index (χ1n) is 13.1. The maximum Gasteiger partial charge on any atom is 0.261 e. The van der Waals surface area contributed by atoms with Gasteiger partial charge in [-0.2, -0.15) is 0 Å². The zero-order chi connectivity index (χ0) is 25.2. The Balaban J connectivity index is 1.69. The molecule has 0 bridgehead atoms. The monoisotopic (exact) mass is 502 g/mol. The molecule has 0 N–H and O–H groups in total. The maximum atomic E-state index is 6.82. The van der Waals surface area contributed by atoms with E-state index in [1.54, 1.807) is 0 Å². The highest BCUT2D eigenvalue weighted by atomic mass is 28.4. The van der Waals surface area contributed by atoms with Crippen LogP contribution < -0.4 is 10.4 Å². The lowest BCUT2D eigenvalue weighted by atomic mass is 10.2. The molecule has 0 amide bonds. The Labute approximate surface area is 214 Å². The normalized spacial score (nSPS) is 12.2. The van der Waals surface area contributed by atoms with Gasteiger partial charge in [-0.3, -0.25) is 0 Å². The fourth-order valence-electron chi connectivity index (χ4n) is 4.23. The minimum absolute atomic E-state index is 0.0284. The van der Waals surface area contributed by atoms with Crippen LogP contribution in [0.15, 0.2) is 60.7 Å². The smallest absolute Gasteiger partial charge is 0.261 e. The minimum atomic E-state index is -2.49. The lowest BCUT2D eigenvalue weighted by molar-refractivity contribution is -0.00516. The van der Waals surface area contributed by atoms with E-state index in [9.17, 15) is 0 Å². The van der Waals surface area contributed by atoms with Crippen molar-refractivity contribution in [2.45, 2.75) is 52.0 Å². The van der Waals surface area contributed by atoms with Gasteiger partial charge in [0.2, 0.25) is 0 Å². The van der Waals surface area contributed by atoms with Crippen molar-refractivity contribution >= 4 is 18.7 Å². The SMILES string of the molecule is CCCCCOCCOCCOCCOCCO[Si](c1ccccc1)(c1ccccc1)C(C)(C)C. The molecule has 0 aliphatic heterocycles. The molecule has 5 nitrogen and oxygen atoms in total. The Morgan fingerprint density at radius 1 is 0.543 bits per heavy atom. The highest BCUT2D eigenvalue weighted by Gasteiger charge is 2.49. The van der Waals surface area contributed by atoms with Crippen molar-refractivity contribution in [2.24, 2.45) is 0 Å². The van der Waals surface area contributed by atoms with E-state index in [1.165, 1.54) is 23.2 Å². The van der Waals surface area contributed by atoms with Crippen molar-refractivity contribution in [1.29, 1.82) is 0 Å². The third kappa shape index (κ3) is 10.2. The van der Waals surface area contributed by atoms with Gasteiger partial charge in [0.05, 0.1) is 52.9 Å². The number of hydrogen-bond donors (Lipinski definition) is 0. The van der Waals surface area contributed by atoms with Crippen LogP contribution in [0.5, 0.6) is 0 Å². The number of unbranched alkanes of at least 4 members (excludes halogenated alkanes) is 2. The fourth-order valence-corrected chi connectivity index (χ4v) is 8.78. The Morgan fingerprint density at radius 3 is 1.34 bits per heavy atom. The van der Waals surface area contributed by atoms with Gasteiger partial charge in [-0.05, 0) is 21.8 Å². The van der Waals surface area contributed by atoms with Gasteiger partial charge in [-0.25, -0.2) is 0 Å². The average Bonchev–Trinajstić information content (AvgIpc) is 2.86. The van der Waals surface area contributed by atoms with Crippen LogP contribution in [0.3, 0.4) is 0 Å². The van der Waals surface area contributed by atoms with Crippen LogP contribution in [-0.2, 0) is 23.4 Å². The molecule has 2 aromatic carbocycles. The lowest BCUT2D eigenvalue weighted by Gasteiger charge is -2.43. The van der Waals surface area contributed by atoms with Gasteiger partial charge in [0.1, 0.15) is 0 Å². The van der Waals surface area contributed by atoms with E-state index in [2.05, 4.69) is 88.4 Å². The summed E-state index contributed by atoms with van der Waals surface area (Å²) in [6, 6.07) is 21.4. The molecule has 0 heterocycles.